The lowest BCUT2D eigenvalue weighted by atomic mass is 10.0. The zero-order valence-corrected chi connectivity index (χ0v) is 15.2. The minimum absolute atomic E-state index is 0.101. The van der Waals surface area contributed by atoms with Crippen molar-refractivity contribution in [1.29, 1.82) is 5.26 Å². The van der Waals surface area contributed by atoms with Crippen LogP contribution < -0.4 is 5.32 Å². The molecule has 0 radical (unpaired) electrons. The SMILES string of the molecule is CC(C)(C(=O)Nc1ccc(C#N)c(C(F)(F)F)c1)N(O)C(=O)c1ccc(F)cc1. The minimum atomic E-state index is -4.82. The van der Waals surface area contributed by atoms with Crippen molar-refractivity contribution < 1.29 is 32.4 Å². The van der Waals surface area contributed by atoms with Gasteiger partial charge in [-0.3, -0.25) is 14.8 Å². The number of amides is 2. The molecule has 0 aliphatic heterocycles. The van der Waals surface area contributed by atoms with Gasteiger partial charge >= 0.3 is 6.18 Å². The average Bonchev–Trinajstić information content (AvgIpc) is 2.66. The first-order valence-corrected chi connectivity index (χ1v) is 8.09. The van der Waals surface area contributed by atoms with E-state index in [0.29, 0.717) is 6.07 Å². The molecule has 152 valence electrons. The Hall–Kier alpha value is -3.45. The number of hydroxylamine groups is 2. The quantitative estimate of drug-likeness (QED) is 0.454. The molecule has 0 aliphatic carbocycles. The second kappa shape index (κ2) is 7.89. The van der Waals surface area contributed by atoms with E-state index in [2.05, 4.69) is 5.32 Å². The van der Waals surface area contributed by atoms with E-state index >= 15 is 0 Å². The van der Waals surface area contributed by atoms with Crippen LogP contribution in [0.3, 0.4) is 0 Å². The van der Waals surface area contributed by atoms with Crippen molar-refractivity contribution >= 4 is 17.5 Å². The number of nitrogens with one attached hydrogen (secondary N) is 1. The highest BCUT2D eigenvalue weighted by molar-refractivity contribution is 6.02. The maximum Gasteiger partial charge on any atom is 0.417 e. The van der Waals surface area contributed by atoms with E-state index in [1.807, 2.05) is 0 Å². The molecule has 0 aliphatic rings. The van der Waals surface area contributed by atoms with Gasteiger partial charge in [-0.1, -0.05) is 0 Å². The summed E-state index contributed by atoms with van der Waals surface area (Å²) in [5.74, 6) is -2.61. The van der Waals surface area contributed by atoms with Gasteiger partial charge in [-0.05, 0) is 56.3 Å². The predicted molar refractivity (Wildman–Crippen MR) is 93.2 cm³/mol. The van der Waals surface area contributed by atoms with Crippen molar-refractivity contribution in [2.24, 2.45) is 0 Å². The van der Waals surface area contributed by atoms with Gasteiger partial charge in [0.1, 0.15) is 11.4 Å². The van der Waals surface area contributed by atoms with Crippen molar-refractivity contribution in [3.05, 3.63) is 65.0 Å². The summed E-state index contributed by atoms with van der Waals surface area (Å²) < 4.78 is 52.1. The Balaban J connectivity index is 2.26. The van der Waals surface area contributed by atoms with E-state index in [9.17, 15) is 32.4 Å². The third kappa shape index (κ3) is 4.70. The van der Waals surface area contributed by atoms with Crippen molar-refractivity contribution in [3.8, 4) is 6.07 Å². The van der Waals surface area contributed by atoms with Gasteiger partial charge in [0.25, 0.3) is 11.8 Å². The van der Waals surface area contributed by atoms with Crippen molar-refractivity contribution in [2.45, 2.75) is 25.6 Å². The third-order valence-electron chi connectivity index (χ3n) is 4.07. The number of hydrogen-bond donors (Lipinski definition) is 2. The first-order chi connectivity index (χ1) is 13.4. The number of alkyl halides is 3. The molecule has 2 aromatic carbocycles. The zero-order valence-electron chi connectivity index (χ0n) is 15.2. The maximum atomic E-state index is 13.1. The molecule has 10 heteroatoms. The van der Waals surface area contributed by atoms with E-state index in [0.717, 1.165) is 50.2 Å². The molecule has 0 fully saturated rings. The normalized spacial score (nSPS) is 11.5. The molecule has 0 spiro atoms. The average molecular weight is 409 g/mol. The van der Waals surface area contributed by atoms with Gasteiger partial charge in [0.05, 0.1) is 17.2 Å². The minimum Gasteiger partial charge on any atom is -0.324 e. The Labute approximate surface area is 162 Å². The number of nitriles is 1. The fourth-order valence-electron chi connectivity index (χ4n) is 2.30. The Morgan fingerprint density at radius 2 is 1.69 bits per heavy atom. The molecule has 0 saturated heterocycles. The molecule has 2 amide bonds. The molecule has 0 saturated carbocycles. The molecule has 0 bridgehead atoms. The summed E-state index contributed by atoms with van der Waals surface area (Å²) in [4.78, 5) is 24.8. The van der Waals surface area contributed by atoms with Crippen LogP contribution in [0.15, 0.2) is 42.5 Å². The summed E-state index contributed by atoms with van der Waals surface area (Å²) in [6.45, 7) is 2.33. The monoisotopic (exact) mass is 409 g/mol. The van der Waals surface area contributed by atoms with Crippen LogP contribution in [0.25, 0.3) is 0 Å². The first-order valence-electron chi connectivity index (χ1n) is 8.09. The topological polar surface area (TPSA) is 93.4 Å². The molecule has 0 aromatic heterocycles. The summed E-state index contributed by atoms with van der Waals surface area (Å²) in [7, 11) is 0. The number of anilines is 1. The molecule has 29 heavy (non-hydrogen) atoms. The van der Waals surface area contributed by atoms with E-state index in [4.69, 9.17) is 5.26 Å². The van der Waals surface area contributed by atoms with Gasteiger partial charge < -0.3 is 5.32 Å². The number of nitrogens with zero attached hydrogens (tertiary/aromatic N) is 2. The van der Waals surface area contributed by atoms with Crippen LogP contribution in [-0.2, 0) is 11.0 Å². The number of halogens is 4. The molecule has 0 unspecified atom stereocenters. The van der Waals surface area contributed by atoms with Crippen LogP contribution in [0.4, 0.5) is 23.2 Å². The van der Waals surface area contributed by atoms with Crippen LogP contribution >= 0.6 is 0 Å². The van der Waals surface area contributed by atoms with E-state index in [-0.39, 0.29) is 16.3 Å². The standard InChI is InChI=1S/C19H15F4N3O3/c1-18(2,26(29)16(27)11-3-6-13(20)7-4-11)17(28)25-14-8-5-12(10-24)15(9-14)19(21,22)23/h3-9,29H,1-2H3,(H,25,28). The number of benzene rings is 2. The number of rotatable bonds is 4. The molecular formula is C19H15F4N3O3. The Bertz CT molecular complexity index is 980. The summed E-state index contributed by atoms with van der Waals surface area (Å²) in [6.07, 6.45) is -4.82. The fraction of sp³-hybridized carbons (Fsp3) is 0.211. The number of hydrogen-bond acceptors (Lipinski definition) is 4. The summed E-state index contributed by atoms with van der Waals surface area (Å²) in [6, 6.07) is 8.16. The second-order valence-electron chi connectivity index (χ2n) is 6.51. The van der Waals surface area contributed by atoms with E-state index in [1.54, 1.807) is 0 Å². The lowest BCUT2D eigenvalue weighted by Gasteiger charge is -2.32. The Kier molecular flexibility index (Phi) is 5.94. The Morgan fingerprint density at radius 3 is 2.21 bits per heavy atom. The van der Waals surface area contributed by atoms with Gasteiger partial charge in [-0.15, -0.1) is 0 Å². The van der Waals surface area contributed by atoms with E-state index < -0.39 is 40.5 Å². The third-order valence-corrected chi connectivity index (χ3v) is 4.07. The molecule has 2 N–H and O–H groups in total. The van der Waals surface area contributed by atoms with Crippen molar-refractivity contribution in [1.82, 2.24) is 5.06 Å². The predicted octanol–water partition coefficient (Wildman–Crippen LogP) is 3.96. The summed E-state index contributed by atoms with van der Waals surface area (Å²) in [5.41, 5.74) is -4.13. The molecule has 2 rings (SSSR count). The van der Waals surface area contributed by atoms with Gasteiger partial charge in [0.15, 0.2) is 0 Å². The zero-order chi connectivity index (χ0) is 22.0. The molecular weight excluding hydrogens is 394 g/mol. The summed E-state index contributed by atoms with van der Waals surface area (Å²) >= 11 is 0. The highest BCUT2D eigenvalue weighted by atomic mass is 19.4. The molecule has 0 atom stereocenters. The van der Waals surface area contributed by atoms with Crippen LogP contribution in [0.2, 0.25) is 0 Å². The largest absolute Gasteiger partial charge is 0.417 e. The van der Waals surface area contributed by atoms with E-state index in [1.165, 1.54) is 6.07 Å². The second-order valence-corrected chi connectivity index (χ2v) is 6.51. The van der Waals surface area contributed by atoms with Gasteiger partial charge in [0.2, 0.25) is 0 Å². The lowest BCUT2D eigenvalue weighted by molar-refractivity contribution is -0.151. The number of carbonyl (C=O) groups is 2. The summed E-state index contributed by atoms with van der Waals surface area (Å²) in [5, 5.41) is 21.3. The highest BCUT2D eigenvalue weighted by Crippen LogP contribution is 2.33. The maximum absolute atomic E-state index is 13.1. The fourth-order valence-corrected chi connectivity index (χ4v) is 2.30. The van der Waals surface area contributed by atoms with Crippen molar-refractivity contribution in [2.75, 3.05) is 5.32 Å². The van der Waals surface area contributed by atoms with Gasteiger partial charge in [0, 0.05) is 11.3 Å². The molecule has 6 nitrogen and oxygen atoms in total. The van der Waals surface area contributed by atoms with Crippen molar-refractivity contribution in [3.63, 3.8) is 0 Å². The number of carbonyl (C=O) groups excluding carboxylic acids is 2. The van der Waals surface area contributed by atoms with Gasteiger partial charge in [-0.2, -0.15) is 18.4 Å². The molecule has 0 heterocycles. The van der Waals surface area contributed by atoms with Gasteiger partial charge in [-0.25, -0.2) is 9.45 Å². The van der Waals surface area contributed by atoms with Crippen LogP contribution in [0.1, 0.15) is 35.3 Å². The lowest BCUT2D eigenvalue weighted by Crippen LogP contribution is -2.53. The first kappa shape index (κ1) is 21.8. The van der Waals surface area contributed by atoms with Crippen LogP contribution in [0, 0.1) is 17.1 Å². The van der Waals surface area contributed by atoms with Crippen LogP contribution in [0.5, 0.6) is 0 Å². The smallest absolute Gasteiger partial charge is 0.324 e. The molecule has 2 aromatic rings. The Morgan fingerprint density at radius 1 is 1.10 bits per heavy atom. The van der Waals surface area contributed by atoms with Crippen LogP contribution in [-0.4, -0.2) is 27.6 Å². The highest BCUT2D eigenvalue weighted by Gasteiger charge is 2.39.